The first-order chi connectivity index (χ1) is 28.3. The summed E-state index contributed by atoms with van der Waals surface area (Å²) in [6.07, 6.45) is 0. The smallest absolute Gasteiger partial charge is 0.235 e. The predicted octanol–water partition coefficient (Wildman–Crippen LogP) is 14.2. The molecule has 4 nitrogen and oxygen atoms in total. The van der Waals surface area contributed by atoms with Gasteiger partial charge in [-0.3, -0.25) is 4.57 Å². The standard InChI is InChI=1S/C52H30N4S/c1-2-15-33(16-3-1)55-43-24-12-9-18-35(43)36-28-27-32(30-44(36)55)48-39-21-8-11-23-42(39)53-52(54-48)56-49-34-17-5-4-14-31(34)26-29-41(49)46-37-19-6-7-20-38(37)47-40-22-10-13-25-45(40)57-51(47)50(46)56/h1-30H. The SMILES string of the molecule is c1ccc(-n2c3ccccc3c3ccc(-c4nc(-n5c6c7ccccc7ccc6c6c7ccccc7c7c8ccccc8sc7c65)nc5ccccc45)cc32)cc1. The number of fused-ring (bicyclic) bond motifs is 16. The minimum atomic E-state index is 0.665. The zero-order chi connectivity index (χ0) is 37.2. The summed E-state index contributed by atoms with van der Waals surface area (Å²) in [5, 5.41) is 13.3. The topological polar surface area (TPSA) is 35.6 Å². The van der Waals surface area contributed by atoms with Crippen molar-refractivity contribution in [1.82, 2.24) is 19.1 Å². The number of hydrogen-bond acceptors (Lipinski definition) is 3. The number of aromatic nitrogens is 4. The number of benzene rings is 9. The van der Waals surface area contributed by atoms with Gasteiger partial charge in [0.1, 0.15) is 0 Å². The summed E-state index contributed by atoms with van der Waals surface area (Å²) in [7, 11) is 0. The molecule has 5 heteroatoms. The first-order valence-electron chi connectivity index (χ1n) is 19.3. The lowest BCUT2D eigenvalue weighted by Crippen LogP contribution is -2.04. The molecule has 0 saturated heterocycles. The number of hydrogen-bond donors (Lipinski definition) is 0. The molecular formula is C52H30N4S. The molecule has 0 spiro atoms. The molecule has 57 heavy (non-hydrogen) atoms. The van der Waals surface area contributed by atoms with Crippen molar-refractivity contribution >= 4 is 108 Å². The van der Waals surface area contributed by atoms with Gasteiger partial charge < -0.3 is 4.57 Å². The Morgan fingerprint density at radius 1 is 0.404 bits per heavy atom. The van der Waals surface area contributed by atoms with Crippen LogP contribution in [-0.2, 0) is 0 Å². The van der Waals surface area contributed by atoms with Crippen LogP contribution in [0.15, 0.2) is 182 Å². The highest BCUT2D eigenvalue weighted by Crippen LogP contribution is 2.49. The summed E-state index contributed by atoms with van der Waals surface area (Å²) in [5.41, 5.74) is 8.59. The zero-order valence-corrected chi connectivity index (χ0v) is 31.3. The van der Waals surface area contributed by atoms with E-state index < -0.39 is 0 Å². The van der Waals surface area contributed by atoms with Crippen molar-refractivity contribution in [2.75, 3.05) is 0 Å². The summed E-state index contributed by atoms with van der Waals surface area (Å²) in [5.74, 6) is 0.665. The van der Waals surface area contributed by atoms with Gasteiger partial charge in [-0.15, -0.1) is 11.3 Å². The third kappa shape index (κ3) is 4.26. The molecule has 13 aromatic rings. The maximum Gasteiger partial charge on any atom is 0.235 e. The average molecular weight is 743 g/mol. The van der Waals surface area contributed by atoms with E-state index >= 15 is 0 Å². The van der Waals surface area contributed by atoms with Crippen LogP contribution in [0.2, 0.25) is 0 Å². The lowest BCUT2D eigenvalue weighted by Gasteiger charge is -2.14. The van der Waals surface area contributed by atoms with Gasteiger partial charge in [-0.1, -0.05) is 146 Å². The minimum absolute atomic E-state index is 0.665. The molecule has 0 aliphatic rings. The van der Waals surface area contributed by atoms with Gasteiger partial charge in [-0.25, -0.2) is 9.97 Å². The molecule has 0 atom stereocenters. The van der Waals surface area contributed by atoms with Crippen LogP contribution in [0.4, 0.5) is 0 Å². The van der Waals surface area contributed by atoms with Gasteiger partial charge in [0.15, 0.2) is 0 Å². The van der Waals surface area contributed by atoms with E-state index in [2.05, 4.69) is 191 Å². The Bertz CT molecular complexity index is 3810. The Morgan fingerprint density at radius 3 is 1.91 bits per heavy atom. The summed E-state index contributed by atoms with van der Waals surface area (Å²) in [6, 6.07) is 65.6. The lowest BCUT2D eigenvalue weighted by atomic mass is 9.98. The molecule has 0 saturated carbocycles. The molecule has 13 rings (SSSR count). The summed E-state index contributed by atoms with van der Waals surface area (Å²) < 4.78 is 7.28. The van der Waals surface area contributed by atoms with E-state index in [4.69, 9.17) is 9.97 Å². The fourth-order valence-corrected chi connectivity index (χ4v) is 10.8. The van der Waals surface area contributed by atoms with Crippen LogP contribution in [0.25, 0.3) is 119 Å². The maximum absolute atomic E-state index is 5.67. The van der Waals surface area contributed by atoms with Crippen molar-refractivity contribution in [3.63, 3.8) is 0 Å². The molecule has 4 aromatic heterocycles. The Morgan fingerprint density at radius 2 is 1.05 bits per heavy atom. The third-order valence-corrected chi connectivity index (χ3v) is 13.1. The Labute approximate surface area is 330 Å². The van der Waals surface area contributed by atoms with Gasteiger partial charge in [-0.05, 0) is 52.6 Å². The Kier molecular flexibility index (Phi) is 6.29. The monoisotopic (exact) mass is 742 g/mol. The van der Waals surface area contributed by atoms with Crippen molar-refractivity contribution in [3.05, 3.63) is 182 Å². The molecule has 9 aromatic carbocycles. The average Bonchev–Trinajstić information content (AvgIpc) is 3.95. The van der Waals surface area contributed by atoms with Crippen molar-refractivity contribution in [2.45, 2.75) is 0 Å². The summed E-state index contributed by atoms with van der Waals surface area (Å²) in [6.45, 7) is 0. The minimum Gasteiger partial charge on any atom is -0.309 e. The van der Waals surface area contributed by atoms with Crippen molar-refractivity contribution in [1.29, 1.82) is 0 Å². The van der Waals surface area contributed by atoms with Crippen molar-refractivity contribution in [3.8, 4) is 22.9 Å². The highest BCUT2D eigenvalue weighted by atomic mass is 32.1. The summed E-state index contributed by atoms with van der Waals surface area (Å²) in [4.78, 5) is 11.1. The molecule has 0 radical (unpaired) electrons. The van der Waals surface area contributed by atoms with Gasteiger partial charge in [0.25, 0.3) is 0 Å². The largest absolute Gasteiger partial charge is 0.309 e. The zero-order valence-electron chi connectivity index (χ0n) is 30.5. The van der Waals surface area contributed by atoms with Gasteiger partial charge in [0.2, 0.25) is 5.95 Å². The van der Waals surface area contributed by atoms with Gasteiger partial charge in [0, 0.05) is 59.0 Å². The van der Waals surface area contributed by atoms with Gasteiger partial charge in [-0.2, -0.15) is 0 Å². The first kappa shape index (κ1) is 30.9. The van der Waals surface area contributed by atoms with E-state index in [0.717, 1.165) is 44.4 Å². The maximum atomic E-state index is 5.67. The molecule has 0 aliphatic carbocycles. The van der Waals surface area contributed by atoms with Crippen molar-refractivity contribution < 1.29 is 0 Å². The number of nitrogens with zero attached hydrogens (tertiary/aromatic N) is 4. The van der Waals surface area contributed by atoms with Crippen LogP contribution in [0.1, 0.15) is 0 Å². The molecule has 4 heterocycles. The van der Waals surface area contributed by atoms with Crippen molar-refractivity contribution in [2.24, 2.45) is 0 Å². The van der Waals surface area contributed by atoms with Crippen LogP contribution in [0.3, 0.4) is 0 Å². The van der Waals surface area contributed by atoms with Crippen LogP contribution in [-0.4, -0.2) is 19.1 Å². The molecule has 0 bridgehead atoms. The van der Waals surface area contributed by atoms with Crippen LogP contribution < -0.4 is 0 Å². The normalized spacial score (nSPS) is 12.2. The Balaban J connectivity index is 1.20. The molecular weight excluding hydrogens is 713 g/mol. The molecule has 264 valence electrons. The van der Waals surface area contributed by atoms with E-state index in [1.807, 2.05) is 11.3 Å². The predicted molar refractivity (Wildman–Crippen MR) is 242 cm³/mol. The van der Waals surface area contributed by atoms with Gasteiger partial charge in [0.05, 0.1) is 38.0 Å². The second-order valence-electron chi connectivity index (χ2n) is 14.9. The van der Waals surface area contributed by atoms with Crippen LogP contribution in [0.5, 0.6) is 0 Å². The number of rotatable bonds is 3. The highest BCUT2D eigenvalue weighted by molar-refractivity contribution is 7.27. The second-order valence-corrected chi connectivity index (χ2v) is 16.0. The van der Waals surface area contributed by atoms with Gasteiger partial charge >= 0.3 is 0 Å². The number of thiophene rings is 1. The first-order valence-corrected chi connectivity index (χ1v) is 20.2. The molecule has 0 aliphatic heterocycles. The van der Waals surface area contributed by atoms with Crippen LogP contribution in [0, 0.1) is 0 Å². The van der Waals surface area contributed by atoms with Crippen LogP contribution >= 0.6 is 11.3 Å². The molecule has 0 N–H and O–H groups in total. The number of para-hydroxylation sites is 3. The second kappa shape index (κ2) is 11.6. The summed E-state index contributed by atoms with van der Waals surface area (Å²) >= 11 is 1.86. The molecule has 0 amide bonds. The molecule has 0 fully saturated rings. The fraction of sp³-hybridized carbons (Fsp3) is 0. The lowest BCUT2D eigenvalue weighted by molar-refractivity contribution is 1.02. The van der Waals surface area contributed by atoms with E-state index in [1.165, 1.54) is 68.8 Å². The van der Waals surface area contributed by atoms with E-state index in [9.17, 15) is 0 Å². The third-order valence-electron chi connectivity index (χ3n) is 11.9. The Hall–Kier alpha value is -7.34. The fourth-order valence-electron chi connectivity index (χ4n) is 9.49. The van der Waals surface area contributed by atoms with E-state index in [-0.39, 0.29) is 0 Å². The molecule has 0 unspecified atom stereocenters. The quantitative estimate of drug-likeness (QED) is 0.181. The van der Waals surface area contributed by atoms with E-state index in [1.54, 1.807) is 0 Å². The highest BCUT2D eigenvalue weighted by Gasteiger charge is 2.25. The van der Waals surface area contributed by atoms with E-state index in [0.29, 0.717) is 5.95 Å².